The largest absolute Gasteiger partial charge is 0.310 e. The first-order valence-corrected chi connectivity index (χ1v) is 7.54. The van der Waals surface area contributed by atoms with Crippen LogP contribution in [-0.4, -0.2) is 11.5 Å². The fourth-order valence-electron chi connectivity index (χ4n) is 2.26. The second-order valence-corrected chi connectivity index (χ2v) is 5.44. The highest BCUT2D eigenvalue weighted by Crippen LogP contribution is 2.31. The molecular formula is C16H18Cl2N2. The molecule has 1 unspecified atom stereocenters. The SMILES string of the molecule is CCNC(CCc1cccnc1)c1cccc(Cl)c1Cl. The van der Waals surface area contributed by atoms with E-state index in [2.05, 4.69) is 23.3 Å². The number of hydrogen-bond donors (Lipinski definition) is 1. The Morgan fingerprint density at radius 2 is 2.05 bits per heavy atom. The van der Waals surface area contributed by atoms with Gasteiger partial charge in [-0.05, 0) is 42.6 Å². The number of aryl methyl sites for hydroxylation is 1. The third-order valence-electron chi connectivity index (χ3n) is 3.25. The molecule has 0 saturated heterocycles. The Bertz CT molecular complexity index is 543. The van der Waals surface area contributed by atoms with Gasteiger partial charge in [-0.3, -0.25) is 4.98 Å². The first-order valence-electron chi connectivity index (χ1n) is 6.78. The predicted octanol–water partition coefficient (Wildman–Crippen LogP) is 4.67. The van der Waals surface area contributed by atoms with E-state index in [9.17, 15) is 0 Å². The fourth-order valence-corrected chi connectivity index (χ4v) is 2.70. The summed E-state index contributed by atoms with van der Waals surface area (Å²) in [7, 11) is 0. The number of nitrogens with one attached hydrogen (secondary N) is 1. The minimum absolute atomic E-state index is 0.200. The molecular weight excluding hydrogens is 291 g/mol. The lowest BCUT2D eigenvalue weighted by atomic mass is 9.99. The summed E-state index contributed by atoms with van der Waals surface area (Å²) in [6, 6.07) is 10.0. The van der Waals surface area contributed by atoms with Crippen molar-refractivity contribution < 1.29 is 0 Å². The summed E-state index contributed by atoms with van der Waals surface area (Å²) in [6.07, 6.45) is 5.61. The molecule has 0 saturated carbocycles. The van der Waals surface area contributed by atoms with Crippen LogP contribution in [0.15, 0.2) is 42.7 Å². The van der Waals surface area contributed by atoms with Crippen molar-refractivity contribution in [3.05, 3.63) is 63.9 Å². The van der Waals surface area contributed by atoms with Crippen LogP contribution >= 0.6 is 23.2 Å². The molecule has 0 aliphatic carbocycles. The van der Waals surface area contributed by atoms with Crippen molar-refractivity contribution in [3.63, 3.8) is 0 Å². The first-order chi connectivity index (χ1) is 9.72. The number of hydrogen-bond acceptors (Lipinski definition) is 2. The lowest BCUT2D eigenvalue weighted by Crippen LogP contribution is -2.22. The van der Waals surface area contributed by atoms with Crippen LogP contribution in [-0.2, 0) is 6.42 Å². The van der Waals surface area contributed by atoms with E-state index in [-0.39, 0.29) is 6.04 Å². The van der Waals surface area contributed by atoms with Crippen molar-refractivity contribution in [1.29, 1.82) is 0 Å². The van der Waals surface area contributed by atoms with Gasteiger partial charge in [-0.2, -0.15) is 0 Å². The first kappa shape index (κ1) is 15.3. The van der Waals surface area contributed by atoms with Crippen molar-refractivity contribution in [1.82, 2.24) is 10.3 Å². The number of benzene rings is 1. The van der Waals surface area contributed by atoms with Gasteiger partial charge in [0.05, 0.1) is 10.0 Å². The Kier molecular flexibility index (Phi) is 5.84. The Hall–Kier alpha value is -1.09. The number of halogens is 2. The van der Waals surface area contributed by atoms with Crippen LogP contribution in [0.25, 0.3) is 0 Å². The molecule has 2 rings (SSSR count). The molecule has 4 heteroatoms. The number of nitrogens with zero attached hydrogens (tertiary/aromatic N) is 1. The molecule has 1 aromatic heterocycles. The summed E-state index contributed by atoms with van der Waals surface area (Å²) in [4.78, 5) is 4.15. The zero-order valence-corrected chi connectivity index (χ0v) is 13.0. The molecule has 0 fully saturated rings. The predicted molar refractivity (Wildman–Crippen MR) is 85.4 cm³/mol. The van der Waals surface area contributed by atoms with Crippen LogP contribution in [0, 0.1) is 0 Å². The summed E-state index contributed by atoms with van der Waals surface area (Å²) < 4.78 is 0. The van der Waals surface area contributed by atoms with Gasteiger partial charge in [0.2, 0.25) is 0 Å². The fraction of sp³-hybridized carbons (Fsp3) is 0.312. The van der Waals surface area contributed by atoms with E-state index in [1.54, 1.807) is 6.20 Å². The lowest BCUT2D eigenvalue weighted by Gasteiger charge is -2.20. The molecule has 0 bridgehead atoms. The summed E-state index contributed by atoms with van der Waals surface area (Å²) in [5.41, 5.74) is 2.29. The Morgan fingerprint density at radius 1 is 1.20 bits per heavy atom. The molecule has 1 N–H and O–H groups in total. The minimum atomic E-state index is 0.200. The van der Waals surface area contributed by atoms with Crippen molar-refractivity contribution in [2.45, 2.75) is 25.8 Å². The second-order valence-electron chi connectivity index (χ2n) is 4.65. The second kappa shape index (κ2) is 7.63. The molecule has 2 nitrogen and oxygen atoms in total. The molecule has 2 aromatic rings. The van der Waals surface area contributed by atoms with Gasteiger partial charge in [0.15, 0.2) is 0 Å². The van der Waals surface area contributed by atoms with E-state index >= 15 is 0 Å². The van der Waals surface area contributed by atoms with E-state index in [1.807, 2.05) is 30.5 Å². The van der Waals surface area contributed by atoms with Crippen molar-refractivity contribution in [3.8, 4) is 0 Å². The van der Waals surface area contributed by atoms with Gasteiger partial charge in [0.1, 0.15) is 0 Å². The summed E-state index contributed by atoms with van der Waals surface area (Å²) in [5.74, 6) is 0. The van der Waals surface area contributed by atoms with Crippen molar-refractivity contribution in [2.24, 2.45) is 0 Å². The average Bonchev–Trinajstić information content (AvgIpc) is 2.48. The Balaban J connectivity index is 2.12. The molecule has 20 heavy (non-hydrogen) atoms. The van der Waals surface area contributed by atoms with Gasteiger partial charge in [0, 0.05) is 18.4 Å². The molecule has 106 valence electrons. The molecule has 0 spiro atoms. The van der Waals surface area contributed by atoms with Crippen LogP contribution in [0.2, 0.25) is 10.0 Å². The van der Waals surface area contributed by atoms with Gasteiger partial charge >= 0.3 is 0 Å². The molecule has 0 radical (unpaired) electrons. The van der Waals surface area contributed by atoms with E-state index in [0.29, 0.717) is 10.0 Å². The van der Waals surface area contributed by atoms with Gasteiger partial charge in [-0.15, -0.1) is 0 Å². The molecule has 1 aromatic carbocycles. The van der Waals surface area contributed by atoms with Crippen LogP contribution in [0.1, 0.15) is 30.5 Å². The smallest absolute Gasteiger partial charge is 0.0640 e. The number of pyridine rings is 1. The number of rotatable bonds is 6. The maximum absolute atomic E-state index is 6.32. The van der Waals surface area contributed by atoms with Crippen molar-refractivity contribution in [2.75, 3.05) is 6.54 Å². The van der Waals surface area contributed by atoms with Crippen molar-refractivity contribution >= 4 is 23.2 Å². The number of aromatic nitrogens is 1. The van der Waals surface area contributed by atoms with E-state index < -0.39 is 0 Å². The Morgan fingerprint density at radius 3 is 2.75 bits per heavy atom. The molecule has 0 aliphatic rings. The normalized spacial score (nSPS) is 12.3. The van der Waals surface area contributed by atoms with E-state index in [4.69, 9.17) is 23.2 Å². The van der Waals surface area contributed by atoms with Gasteiger partial charge in [0.25, 0.3) is 0 Å². The highest BCUT2D eigenvalue weighted by molar-refractivity contribution is 6.42. The quantitative estimate of drug-likeness (QED) is 0.838. The minimum Gasteiger partial charge on any atom is -0.310 e. The standard InChI is InChI=1S/C16H18Cl2N2/c1-2-20-15(9-8-12-5-4-10-19-11-12)13-6-3-7-14(17)16(13)18/h3-7,10-11,15,20H,2,8-9H2,1H3. The van der Waals surface area contributed by atoms with Crippen LogP contribution in [0.5, 0.6) is 0 Å². The summed E-state index contributed by atoms with van der Waals surface area (Å²) in [6.45, 7) is 2.98. The molecule has 0 amide bonds. The summed E-state index contributed by atoms with van der Waals surface area (Å²) in [5, 5.41) is 4.72. The highest BCUT2D eigenvalue weighted by Gasteiger charge is 2.15. The summed E-state index contributed by atoms with van der Waals surface area (Å²) >= 11 is 12.4. The van der Waals surface area contributed by atoms with Crippen LogP contribution in [0.4, 0.5) is 0 Å². The van der Waals surface area contributed by atoms with E-state index in [0.717, 1.165) is 24.9 Å². The van der Waals surface area contributed by atoms with E-state index in [1.165, 1.54) is 5.56 Å². The van der Waals surface area contributed by atoms with Gasteiger partial charge in [-0.1, -0.05) is 48.3 Å². The zero-order valence-electron chi connectivity index (χ0n) is 11.4. The molecule has 0 aliphatic heterocycles. The molecule has 1 atom stereocenters. The topological polar surface area (TPSA) is 24.9 Å². The third-order valence-corrected chi connectivity index (χ3v) is 4.09. The van der Waals surface area contributed by atoms with Crippen LogP contribution < -0.4 is 5.32 Å². The van der Waals surface area contributed by atoms with Gasteiger partial charge < -0.3 is 5.32 Å². The third kappa shape index (κ3) is 3.95. The maximum atomic E-state index is 6.32. The Labute approximate surface area is 130 Å². The van der Waals surface area contributed by atoms with Crippen LogP contribution in [0.3, 0.4) is 0 Å². The van der Waals surface area contributed by atoms with Gasteiger partial charge in [-0.25, -0.2) is 0 Å². The monoisotopic (exact) mass is 308 g/mol. The highest BCUT2D eigenvalue weighted by atomic mass is 35.5. The zero-order chi connectivity index (χ0) is 14.4. The average molecular weight is 309 g/mol. The molecule has 1 heterocycles. The lowest BCUT2D eigenvalue weighted by molar-refractivity contribution is 0.515. The maximum Gasteiger partial charge on any atom is 0.0640 e.